The average molecular weight is 269 g/mol. The van der Waals surface area contributed by atoms with Crippen LogP contribution in [0.2, 0.25) is 0 Å². The molecule has 2 aromatic heterocycles. The number of anilines is 1. The van der Waals surface area contributed by atoms with Crippen LogP contribution >= 0.6 is 0 Å². The van der Waals surface area contributed by atoms with E-state index in [9.17, 15) is 0 Å². The Hall–Kier alpha value is -2.63. The van der Waals surface area contributed by atoms with Gasteiger partial charge >= 0.3 is 0 Å². The second-order valence-electron chi connectivity index (χ2n) is 4.53. The molecular weight excluding hydrogens is 254 g/mol. The highest BCUT2D eigenvalue weighted by atomic mass is 16.5. The molecule has 0 saturated carbocycles. The SMILES string of the molecule is COc1cccc(CN(C)c2cncc3nncn23)c1. The summed E-state index contributed by atoms with van der Waals surface area (Å²) < 4.78 is 7.15. The van der Waals surface area contributed by atoms with Crippen molar-refractivity contribution in [2.45, 2.75) is 6.54 Å². The summed E-state index contributed by atoms with van der Waals surface area (Å²) in [6.07, 6.45) is 5.18. The zero-order valence-corrected chi connectivity index (χ0v) is 11.4. The van der Waals surface area contributed by atoms with E-state index in [1.807, 2.05) is 29.6 Å². The van der Waals surface area contributed by atoms with Gasteiger partial charge in [0.25, 0.3) is 0 Å². The van der Waals surface area contributed by atoms with E-state index in [0.29, 0.717) is 0 Å². The second kappa shape index (κ2) is 5.16. The van der Waals surface area contributed by atoms with Gasteiger partial charge in [-0.05, 0) is 17.7 Å². The number of fused-ring (bicyclic) bond motifs is 1. The van der Waals surface area contributed by atoms with Crippen LogP contribution in [0.15, 0.2) is 43.0 Å². The van der Waals surface area contributed by atoms with E-state index in [1.54, 1.807) is 25.8 Å². The quantitative estimate of drug-likeness (QED) is 0.722. The molecule has 3 aromatic rings. The monoisotopic (exact) mass is 269 g/mol. The minimum absolute atomic E-state index is 0.736. The van der Waals surface area contributed by atoms with Crippen molar-refractivity contribution < 1.29 is 4.74 Å². The molecule has 0 N–H and O–H groups in total. The Bertz CT molecular complexity index is 724. The molecule has 0 bridgehead atoms. The van der Waals surface area contributed by atoms with Crippen LogP contribution in [0.4, 0.5) is 5.82 Å². The molecule has 6 nitrogen and oxygen atoms in total. The fourth-order valence-corrected chi connectivity index (χ4v) is 2.15. The summed E-state index contributed by atoms with van der Waals surface area (Å²) in [6, 6.07) is 8.01. The van der Waals surface area contributed by atoms with Gasteiger partial charge in [0, 0.05) is 13.6 Å². The first-order valence-corrected chi connectivity index (χ1v) is 6.26. The molecule has 3 rings (SSSR count). The van der Waals surface area contributed by atoms with Crippen LogP contribution in [0.1, 0.15) is 5.56 Å². The first-order valence-electron chi connectivity index (χ1n) is 6.26. The smallest absolute Gasteiger partial charge is 0.180 e. The highest BCUT2D eigenvalue weighted by molar-refractivity contribution is 5.47. The van der Waals surface area contributed by atoms with Crippen molar-refractivity contribution in [3.63, 3.8) is 0 Å². The van der Waals surface area contributed by atoms with Gasteiger partial charge in [-0.2, -0.15) is 0 Å². The lowest BCUT2D eigenvalue weighted by molar-refractivity contribution is 0.414. The maximum Gasteiger partial charge on any atom is 0.180 e. The van der Waals surface area contributed by atoms with Gasteiger partial charge in [-0.1, -0.05) is 12.1 Å². The maximum atomic E-state index is 5.24. The lowest BCUT2D eigenvalue weighted by Crippen LogP contribution is -2.19. The van der Waals surface area contributed by atoms with E-state index < -0.39 is 0 Å². The highest BCUT2D eigenvalue weighted by Gasteiger charge is 2.08. The number of hydrogen-bond donors (Lipinski definition) is 0. The summed E-state index contributed by atoms with van der Waals surface area (Å²) in [4.78, 5) is 6.29. The fourth-order valence-electron chi connectivity index (χ4n) is 2.15. The fraction of sp³-hybridized carbons (Fsp3) is 0.214. The molecule has 0 aliphatic rings. The number of benzene rings is 1. The third-order valence-corrected chi connectivity index (χ3v) is 3.15. The molecule has 1 aromatic carbocycles. The van der Waals surface area contributed by atoms with Crippen LogP contribution in [-0.2, 0) is 6.54 Å². The molecule has 0 aliphatic carbocycles. The minimum Gasteiger partial charge on any atom is -0.497 e. The van der Waals surface area contributed by atoms with Crippen molar-refractivity contribution in [3.8, 4) is 5.75 Å². The molecule has 0 amide bonds. The molecule has 0 atom stereocenters. The molecule has 0 spiro atoms. The van der Waals surface area contributed by atoms with Crippen molar-refractivity contribution in [2.75, 3.05) is 19.1 Å². The third-order valence-electron chi connectivity index (χ3n) is 3.15. The van der Waals surface area contributed by atoms with Crippen LogP contribution in [0.5, 0.6) is 5.75 Å². The Morgan fingerprint density at radius 3 is 3.05 bits per heavy atom. The number of methoxy groups -OCH3 is 1. The predicted octanol–water partition coefficient (Wildman–Crippen LogP) is 1.77. The Balaban J connectivity index is 1.88. The van der Waals surface area contributed by atoms with Crippen LogP contribution in [-0.4, -0.2) is 33.7 Å². The molecular formula is C14H15N5O. The van der Waals surface area contributed by atoms with Gasteiger partial charge < -0.3 is 9.64 Å². The van der Waals surface area contributed by atoms with Gasteiger partial charge in [0.2, 0.25) is 0 Å². The molecule has 0 radical (unpaired) electrons. The molecule has 2 heterocycles. The van der Waals surface area contributed by atoms with E-state index in [4.69, 9.17) is 4.74 Å². The van der Waals surface area contributed by atoms with Crippen molar-refractivity contribution in [2.24, 2.45) is 0 Å². The van der Waals surface area contributed by atoms with E-state index in [2.05, 4.69) is 26.1 Å². The van der Waals surface area contributed by atoms with Crippen LogP contribution < -0.4 is 9.64 Å². The number of hydrogen-bond acceptors (Lipinski definition) is 5. The zero-order valence-electron chi connectivity index (χ0n) is 11.4. The van der Waals surface area contributed by atoms with Crippen LogP contribution in [0.3, 0.4) is 0 Å². The maximum absolute atomic E-state index is 5.24. The van der Waals surface area contributed by atoms with E-state index in [-0.39, 0.29) is 0 Å². The highest BCUT2D eigenvalue weighted by Crippen LogP contribution is 2.18. The number of rotatable bonds is 4. The summed E-state index contributed by atoms with van der Waals surface area (Å²) in [7, 11) is 3.68. The van der Waals surface area contributed by atoms with E-state index >= 15 is 0 Å². The van der Waals surface area contributed by atoms with Gasteiger partial charge in [-0.15, -0.1) is 10.2 Å². The lowest BCUT2D eigenvalue weighted by Gasteiger charge is -2.20. The van der Waals surface area contributed by atoms with Crippen molar-refractivity contribution >= 4 is 11.5 Å². The van der Waals surface area contributed by atoms with Crippen molar-refractivity contribution in [1.82, 2.24) is 19.6 Å². The van der Waals surface area contributed by atoms with Gasteiger partial charge in [-0.3, -0.25) is 9.38 Å². The lowest BCUT2D eigenvalue weighted by atomic mass is 10.2. The summed E-state index contributed by atoms with van der Waals surface area (Å²) >= 11 is 0. The summed E-state index contributed by atoms with van der Waals surface area (Å²) in [5.41, 5.74) is 1.90. The van der Waals surface area contributed by atoms with E-state index in [0.717, 1.165) is 29.3 Å². The number of ether oxygens (including phenoxy) is 1. The second-order valence-corrected chi connectivity index (χ2v) is 4.53. The summed E-state index contributed by atoms with van der Waals surface area (Å²) in [5, 5.41) is 7.91. The normalized spacial score (nSPS) is 10.7. The van der Waals surface area contributed by atoms with E-state index in [1.165, 1.54) is 0 Å². The first-order chi connectivity index (χ1) is 9.78. The average Bonchev–Trinajstić information content (AvgIpc) is 2.95. The zero-order chi connectivity index (χ0) is 13.9. The van der Waals surface area contributed by atoms with Gasteiger partial charge in [-0.25, -0.2) is 0 Å². The minimum atomic E-state index is 0.736. The Morgan fingerprint density at radius 1 is 1.30 bits per heavy atom. The van der Waals surface area contributed by atoms with Crippen molar-refractivity contribution in [3.05, 3.63) is 48.5 Å². The Kier molecular flexibility index (Phi) is 3.20. The largest absolute Gasteiger partial charge is 0.497 e. The predicted molar refractivity (Wildman–Crippen MR) is 75.9 cm³/mol. The summed E-state index contributed by atoms with van der Waals surface area (Å²) in [5.74, 6) is 1.80. The Morgan fingerprint density at radius 2 is 2.20 bits per heavy atom. The molecule has 102 valence electrons. The molecule has 0 fully saturated rings. The number of nitrogens with zero attached hydrogens (tertiary/aromatic N) is 5. The third kappa shape index (κ3) is 2.27. The molecule has 0 unspecified atom stereocenters. The van der Waals surface area contributed by atoms with Crippen LogP contribution in [0, 0.1) is 0 Å². The van der Waals surface area contributed by atoms with Gasteiger partial charge in [0.15, 0.2) is 5.65 Å². The molecule has 20 heavy (non-hydrogen) atoms. The van der Waals surface area contributed by atoms with Gasteiger partial charge in [0.1, 0.15) is 17.9 Å². The van der Waals surface area contributed by atoms with Gasteiger partial charge in [0.05, 0.1) is 19.5 Å². The first kappa shape index (κ1) is 12.4. The summed E-state index contributed by atoms with van der Waals surface area (Å²) in [6.45, 7) is 0.746. The Labute approximate surface area is 116 Å². The molecule has 6 heteroatoms. The molecule has 0 saturated heterocycles. The standard InChI is InChI=1S/C14H15N5O/c1-18(9-11-4-3-5-12(6-11)20-2)14-8-15-7-13-17-16-10-19(13)14/h3-8,10H,9H2,1-2H3. The number of aromatic nitrogens is 4. The van der Waals surface area contributed by atoms with Crippen LogP contribution in [0.25, 0.3) is 5.65 Å². The topological polar surface area (TPSA) is 55.5 Å². The van der Waals surface area contributed by atoms with Crippen molar-refractivity contribution in [1.29, 1.82) is 0 Å². The molecule has 0 aliphatic heterocycles.